The van der Waals surface area contributed by atoms with Crippen LogP contribution in [0.25, 0.3) is 82.5 Å². The molecule has 17 rings (SSSR count). The SMILES string of the molecule is C1=C(n2c3ccccc3c3ccccc32)CCC2=C1C1(c3cccc(-n4c5ccccc5c5ccccc54)c3)c3ccccc3C2(c2cccc(-n3c4ccccc4c4ccccc43)c2)c2ccccc21. The Morgan fingerprint density at radius 3 is 1.00 bits per heavy atom. The van der Waals surface area contributed by atoms with Crippen LogP contribution in [-0.2, 0) is 10.8 Å². The summed E-state index contributed by atoms with van der Waals surface area (Å²) in [6, 6.07) is 91.5. The number of aromatic nitrogens is 3. The van der Waals surface area contributed by atoms with Gasteiger partial charge in [0.25, 0.3) is 0 Å². The van der Waals surface area contributed by atoms with Gasteiger partial charge >= 0.3 is 0 Å². The van der Waals surface area contributed by atoms with Crippen molar-refractivity contribution in [2.45, 2.75) is 23.7 Å². The quantitative estimate of drug-likeness (QED) is 0.163. The van der Waals surface area contributed by atoms with E-state index in [1.807, 2.05) is 0 Å². The molecular formula is C68H45N3. The fraction of sp³-hybridized carbons (Fsp3) is 0.0588. The van der Waals surface area contributed by atoms with E-state index < -0.39 is 10.8 Å². The van der Waals surface area contributed by atoms with Gasteiger partial charge in [0.05, 0.1) is 43.9 Å². The second kappa shape index (κ2) is 14.3. The molecule has 0 aliphatic heterocycles. The number of para-hydroxylation sites is 6. The lowest BCUT2D eigenvalue weighted by molar-refractivity contribution is 0.525. The van der Waals surface area contributed by atoms with Crippen molar-refractivity contribution in [2.24, 2.45) is 0 Å². The van der Waals surface area contributed by atoms with Gasteiger partial charge in [0.1, 0.15) is 0 Å². The molecule has 3 heteroatoms. The van der Waals surface area contributed by atoms with Crippen LogP contribution in [0.4, 0.5) is 0 Å². The number of allylic oxidation sites excluding steroid dienone is 4. The summed E-state index contributed by atoms with van der Waals surface area (Å²) < 4.78 is 7.54. The zero-order chi connectivity index (χ0) is 46.4. The van der Waals surface area contributed by atoms with E-state index in [4.69, 9.17) is 0 Å². The summed E-state index contributed by atoms with van der Waals surface area (Å²) >= 11 is 0. The number of hydrogen-bond acceptors (Lipinski definition) is 0. The highest BCUT2D eigenvalue weighted by molar-refractivity contribution is 6.12. The van der Waals surface area contributed by atoms with E-state index in [2.05, 4.69) is 262 Å². The minimum Gasteiger partial charge on any atom is -0.313 e. The van der Waals surface area contributed by atoms with Crippen molar-refractivity contribution in [3.05, 3.63) is 293 Å². The molecule has 13 aromatic rings. The maximum absolute atomic E-state index is 2.64. The van der Waals surface area contributed by atoms with Crippen LogP contribution >= 0.6 is 0 Å². The Labute approximate surface area is 411 Å². The molecule has 0 amide bonds. The molecule has 2 bridgehead atoms. The zero-order valence-electron chi connectivity index (χ0n) is 38.9. The predicted octanol–water partition coefficient (Wildman–Crippen LogP) is 16.6. The third-order valence-corrected chi connectivity index (χ3v) is 16.7. The molecule has 0 saturated carbocycles. The molecule has 4 aliphatic carbocycles. The Balaban J connectivity index is 1.03. The second-order valence-corrected chi connectivity index (χ2v) is 19.8. The molecule has 3 heterocycles. The number of hydrogen-bond donors (Lipinski definition) is 0. The molecule has 3 aromatic heterocycles. The van der Waals surface area contributed by atoms with Gasteiger partial charge in [-0.2, -0.15) is 0 Å². The summed E-state index contributed by atoms with van der Waals surface area (Å²) in [6.45, 7) is 0. The van der Waals surface area contributed by atoms with Crippen LogP contribution in [-0.4, -0.2) is 13.7 Å². The number of nitrogens with zero attached hydrogens (tertiary/aromatic N) is 3. The van der Waals surface area contributed by atoms with Crippen LogP contribution in [0.1, 0.15) is 46.2 Å². The Morgan fingerprint density at radius 1 is 0.282 bits per heavy atom. The van der Waals surface area contributed by atoms with E-state index in [0.717, 1.165) is 18.5 Å². The highest BCUT2D eigenvalue weighted by Crippen LogP contribution is 2.68. The van der Waals surface area contributed by atoms with Crippen LogP contribution in [0.3, 0.4) is 0 Å². The van der Waals surface area contributed by atoms with Crippen LogP contribution in [0.2, 0.25) is 0 Å². The lowest BCUT2D eigenvalue weighted by Gasteiger charge is -2.58. The van der Waals surface area contributed by atoms with E-state index in [0.29, 0.717) is 0 Å². The van der Waals surface area contributed by atoms with Crippen molar-refractivity contribution in [3.8, 4) is 11.4 Å². The molecule has 0 spiro atoms. The van der Waals surface area contributed by atoms with Crippen molar-refractivity contribution in [1.82, 2.24) is 13.7 Å². The Kier molecular flexibility index (Phi) is 7.86. The number of fused-ring (bicyclic) bond motifs is 9. The van der Waals surface area contributed by atoms with Crippen molar-refractivity contribution in [1.29, 1.82) is 0 Å². The van der Waals surface area contributed by atoms with Gasteiger partial charge in [-0.15, -0.1) is 0 Å². The van der Waals surface area contributed by atoms with Gasteiger partial charge in [0.2, 0.25) is 0 Å². The summed E-state index contributed by atoms with van der Waals surface area (Å²) in [6.07, 6.45) is 4.44. The molecular weight excluding hydrogens is 859 g/mol. The molecule has 0 fully saturated rings. The first-order chi connectivity index (χ1) is 35.2. The summed E-state index contributed by atoms with van der Waals surface area (Å²) in [5.74, 6) is 0. The molecule has 3 nitrogen and oxygen atoms in total. The van der Waals surface area contributed by atoms with Gasteiger partial charge in [-0.05, 0) is 124 Å². The Morgan fingerprint density at radius 2 is 0.606 bits per heavy atom. The average molecular weight is 904 g/mol. The molecule has 0 radical (unpaired) electrons. The monoisotopic (exact) mass is 903 g/mol. The Hall–Kier alpha value is -8.92. The first kappa shape index (κ1) is 39.0. The maximum atomic E-state index is 2.64. The van der Waals surface area contributed by atoms with E-state index in [1.165, 1.54) is 121 Å². The van der Waals surface area contributed by atoms with Gasteiger partial charge in [-0.3, -0.25) is 0 Å². The third-order valence-electron chi connectivity index (χ3n) is 16.7. The van der Waals surface area contributed by atoms with Gasteiger partial charge < -0.3 is 13.7 Å². The molecule has 71 heavy (non-hydrogen) atoms. The second-order valence-electron chi connectivity index (χ2n) is 19.8. The smallest absolute Gasteiger partial charge is 0.0709 e. The lowest BCUT2D eigenvalue weighted by Crippen LogP contribution is -2.52. The van der Waals surface area contributed by atoms with Gasteiger partial charge in [-0.25, -0.2) is 0 Å². The molecule has 4 aliphatic rings. The van der Waals surface area contributed by atoms with E-state index in [-0.39, 0.29) is 0 Å². The summed E-state index contributed by atoms with van der Waals surface area (Å²) in [5.41, 5.74) is 20.7. The minimum atomic E-state index is -0.631. The fourth-order valence-electron chi connectivity index (χ4n) is 14.1. The molecule has 0 N–H and O–H groups in total. The summed E-state index contributed by atoms with van der Waals surface area (Å²) in [4.78, 5) is 0. The zero-order valence-corrected chi connectivity index (χ0v) is 38.9. The van der Waals surface area contributed by atoms with Crippen LogP contribution in [0, 0.1) is 0 Å². The predicted molar refractivity (Wildman–Crippen MR) is 294 cm³/mol. The largest absolute Gasteiger partial charge is 0.313 e. The molecule has 0 unspecified atom stereocenters. The van der Waals surface area contributed by atoms with Gasteiger partial charge in [0.15, 0.2) is 0 Å². The van der Waals surface area contributed by atoms with E-state index >= 15 is 0 Å². The lowest BCUT2D eigenvalue weighted by atomic mass is 9.43. The average Bonchev–Trinajstić information content (AvgIpc) is 4.09. The topological polar surface area (TPSA) is 14.8 Å². The highest BCUT2D eigenvalue weighted by atomic mass is 15.0. The van der Waals surface area contributed by atoms with Gasteiger partial charge in [0, 0.05) is 49.4 Å². The number of benzene rings is 10. The third kappa shape index (κ3) is 4.92. The molecule has 10 aromatic carbocycles. The van der Waals surface area contributed by atoms with Crippen LogP contribution in [0.5, 0.6) is 0 Å². The summed E-state index contributed by atoms with van der Waals surface area (Å²) in [5, 5.41) is 7.65. The standard InChI is InChI=1S/C68H45N3/c1-11-33-61-49(23-1)50-24-2-12-34-62(50)69(61)46-21-17-19-44(41-46)67-55-29-7-9-31-57(55)68(58-32-10-8-30-56(58)67,45-20-18-22-47(42-45)70-63-35-13-3-25-51(63)52-26-4-14-36-64(52)70)60-43-48(39-40-59(60)67)71-65-37-15-5-27-53(65)54-28-6-16-38-66(54)71/h1-38,41-43H,39-40H2. The van der Waals surface area contributed by atoms with Gasteiger partial charge in [-0.1, -0.05) is 182 Å². The highest BCUT2D eigenvalue weighted by Gasteiger charge is 2.61. The first-order valence-electron chi connectivity index (χ1n) is 25.1. The molecule has 332 valence electrons. The molecule has 0 atom stereocenters. The normalized spacial score (nSPS) is 18.2. The van der Waals surface area contributed by atoms with Crippen molar-refractivity contribution in [2.75, 3.05) is 0 Å². The van der Waals surface area contributed by atoms with Crippen molar-refractivity contribution < 1.29 is 0 Å². The maximum Gasteiger partial charge on any atom is 0.0709 e. The van der Waals surface area contributed by atoms with Crippen LogP contribution < -0.4 is 0 Å². The minimum absolute atomic E-state index is 0.563. The van der Waals surface area contributed by atoms with Crippen molar-refractivity contribution in [3.63, 3.8) is 0 Å². The van der Waals surface area contributed by atoms with E-state index in [9.17, 15) is 0 Å². The van der Waals surface area contributed by atoms with Crippen molar-refractivity contribution >= 4 is 71.1 Å². The first-order valence-corrected chi connectivity index (χ1v) is 25.1. The Bertz CT molecular complexity index is 4280. The summed E-state index contributed by atoms with van der Waals surface area (Å²) in [7, 11) is 0. The fourth-order valence-corrected chi connectivity index (χ4v) is 14.1. The number of rotatable bonds is 5. The molecule has 0 saturated heterocycles. The van der Waals surface area contributed by atoms with E-state index in [1.54, 1.807) is 0 Å². The van der Waals surface area contributed by atoms with Crippen LogP contribution in [0.15, 0.2) is 260 Å².